The Bertz CT molecular complexity index is 381. The van der Waals surface area contributed by atoms with Gasteiger partial charge in [-0.15, -0.1) is 0 Å². The maximum Gasteiger partial charge on any atom is 0.164 e. The molecule has 0 amide bonds. The topological polar surface area (TPSA) is 40.9 Å². The van der Waals surface area contributed by atoms with Gasteiger partial charge in [0.1, 0.15) is 0 Å². The van der Waals surface area contributed by atoms with Crippen LogP contribution >= 0.6 is 11.6 Å². The van der Waals surface area contributed by atoms with E-state index in [4.69, 9.17) is 16.9 Å². The van der Waals surface area contributed by atoms with Crippen LogP contribution in [0.5, 0.6) is 0 Å². The van der Waals surface area contributed by atoms with Gasteiger partial charge < -0.3 is 0 Å². The van der Waals surface area contributed by atoms with Crippen molar-refractivity contribution >= 4 is 17.4 Å². The summed E-state index contributed by atoms with van der Waals surface area (Å²) in [6.45, 7) is 0. The van der Waals surface area contributed by atoms with Crippen LogP contribution in [0.25, 0.3) is 0 Å². The molecule has 0 fully saturated rings. The van der Waals surface area contributed by atoms with E-state index >= 15 is 0 Å². The van der Waals surface area contributed by atoms with Crippen LogP contribution in [0.2, 0.25) is 5.02 Å². The average Bonchev–Trinajstić information content (AvgIpc) is 2.25. The van der Waals surface area contributed by atoms with E-state index in [0.29, 0.717) is 23.4 Å². The molecule has 0 bridgehead atoms. The third-order valence-corrected chi connectivity index (χ3v) is 2.45. The Morgan fingerprint density at radius 2 is 2.07 bits per heavy atom. The maximum absolute atomic E-state index is 11.7. The molecule has 0 N–H and O–H groups in total. The molecule has 15 heavy (non-hydrogen) atoms. The minimum absolute atomic E-state index is 0.0542. The van der Waals surface area contributed by atoms with Crippen LogP contribution in [0.3, 0.4) is 0 Å². The smallest absolute Gasteiger partial charge is 0.164 e. The van der Waals surface area contributed by atoms with Crippen molar-refractivity contribution in [2.24, 2.45) is 0 Å². The molecule has 0 aliphatic heterocycles. The predicted molar refractivity (Wildman–Crippen MR) is 59.9 cm³/mol. The molecule has 0 unspecified atom stereocenters. The predicted octanol–water partition coefficient (Wildman–Crippen LogP) is 3.61. The molecule has 1 rings (SSSR count). The van der Waals surface area contributed by atoms with Gasteiger partial charge in [0.15, 0.2) is 5.78 Å². The molecule has 0 aromatic heterocycles. The number of carbonyl (C=O) groups is 1. The van der Waals surface area contributed by atoms with Crippen LogP contribution in [0, 0.1) is 11.3 Å². The summed E-state index contributed by atoms with van der Waals surface area (Å²) < 4.78 is 0. The number of hydrogen-bond acceptors (Lipinski definition) is 2. The van der Waals surface area contributed by atoms with E-state index in [-0.39, 0.29) is 5.78 Å². The summed E-state index contributed by atoms with van der Waals surface area (Å²) in [7, 11) is 0. The molecular weight excluding hydrogens is 210 g/mol. The van der Waals surface area contributed by atoms with Crippen LogP contribution in [-0.2, 0) is 0 Å². The van der Waals surface area contributed by atoms with Gasteiger partial charge in [0.25, 0.3) is 0 Å². The van der Waals surface area contributed by atoms with Crippen LogP contribution < -0.4 is 0 Å². The number of halogens is 1. The van der Waals surface area contributed by atoms with E-state index in [1.54, 1.807) is 24.3 Å². The van der Waals surface area contributed by atoms with Crippen molar-refractivity contribution in [3.8, 4) is 6.07 Å². The lowest BCUT2D eigenvalue weighted by Crippen LogP contribution is -1.99. The third-order valence-electron chi connectivity index (χ3n) is 2.12. The molecule has 0 aliphatic rings. The number of rotatable bonds is 5. The van der Waals surface area contributed by atoms with Crippen LogP contribution in [-0.4, -0.2) is 5.78 Å². The van der Waals surface area contributed by atoms with Gasteiger partial charge in [0, 0.05) is 18.4 Å². The lowest BCUT2D eigenvalue weighted by Gasteiger charge is -2.01. The van der Waals surface area contributed by atoms with Gasteiger partial charge in [-0.3, -0.25) is 4.79 Å². The molecule has 2 nitrogen and oxygen atoms in total. The van der Waals surface area contributed by atoms with E-state index in [1.807, 2.05) is 0 Å². The Morgan fingerprint density at radius 1 is 1.33 bits per heavy atom. The van der Waals surface area contributed by atoms with Gasteiger partial charge in [-0.1, -0.05) is 23.7 Å². The van der Waals surface area contributed by atoms with Gasteiger partial charge in [0.05, 0.1) is 11.1 Å². The normalized spacial score (nSPS) is 9.60. The fourth-order valence-electron chi connectivity index (χ4n) is 1.31. The Balaban J connectivity index is 2.48. The minimum atomic E-state index is 0.0542. The Hall–Kier alpha value is -1.33. The molecule has 3 heteroatoms. The number of nitriles is 1. The highest BCUT2D eigenvalue weighted by Crippen LogP contribution is 2.17. The highest BCUT2D eigenvalue weighted by atomic mass is 35.5. The number of Topliss-reactive ketones (excluding diaryl/α,β-unsaturated/α-hetero) is 1. The number of hydrogen-bond donors (Lipinski definition) is 0. The van der Waals surface area contributed by atoms with E-state index in [0.717, 1.165) is 12.8 Å². The quantitative estimate of drug-likeness (QED) is 0.563. The molecule has 1 aromatic rings. The molecule has 0 heterocycles. The fourth-order valence-corrected chi connectivity index (χ4v) is 1.55. The largest absolute Gasteiger partial charge is 0.294 e. The van der Waals surface area contributed by atoms with E-state index in [1.165, 1.54) is 0 Å². The first-order chi connectivity index (χ1) is 7.25. The highest BCUT2D eigenvalue weighted by molar-refractivity contribution is 6.33. The summed E-state index contributed by atoms with van der Waals surface area (Å²) in [6.07, 6.45) is 2.49. The molecule has 0 saturated heterocycles. The number of ketones is 1. The standard InChI is InChI=1S/C12H12ClNO/c13-11-7-4-3-6-10(11)12(15)8-2-1-5-9-14/h3-4,6-7H,1-2,5,8H2. The molecule has 1 aromatic carbocycles. The van der Waals surface area contributed by atoms with Crippen LogP contribution in [0.1, 0.15) is 36.0 Å². The monoisotopic (exact) mass is 221 g/mol. The second-order valence-electron chi connectivity index (χ2n) is 3.27. The van der Waals surface area contributed by atoms with Gasteiger partial charge in [-0.05, 0) is 25.0 Å². The number of unbranched alkanes of at least 4 members (excludes halogenated alkanes) is 2. The van der Waals surface area contributed by atoms with Gasteiger partial charge in [0.2, 0.25) is 0 Å². The second kappa shape index (κ2) is 6.21. The summed E-state index contributed by atoms with van der Waals surface area (Å²) in [5.41, 5.74) is 0.580. The maximum atomic E-state index is 11.7. The van der Waals surface area contributed by atoms with Crippen molar-refractivity contribution in [3.05, 3.63) is 34.9 Å². The molecule has 0 aliphatic carbocycles. The zero-order valence-electron chi connectivity index (χ0n) is 8.37. The van der Waals surface area contributed by atoms with Crippen molar-refractivity contribution in [1.29, 1.82) is 5.26 Å². The van der Waals surface area contributed by atoms with Gasteiger partial charge in [-0.2, -0.15) is 5.26 Å². The summed E-state index contributed by atoms with van der Waals surface area (Å²) in [5, 5.41) is 8.84. The zero-order valence-corrected chi connectivity index (χ0v) is 9.13. The van der Waals surface area contributed by atoms with Crippen molar-refractivity contribution in [3.63, 3.8) is 0 Å². The average molecular weight is 222 g/mol. The van der Waals surface area contributed by atoms with Crippen LogP contribution in [0.15, 0.2) is 24.3 Å². The highest BCUT2D eigenvalue weighted by Gasteiger charge is 2.08. The van der Waals surface area contributed by atoms with Crippen molar-refractivity contribution in [2.45, 2.75) is 25.7 Å². The number of nitrogens with zero attached hydrogens (tertiary/aromatic N) is 1. The summed E-state index contributed by atoms with van der Waals surface area (Å²) in [5.74, 6) is 0.0542. The summed E-state index contributed by atoms with van der Waals surface area (Å²) in [6, 6.07) is 9.10. The molecule has 0 radical (unpaired) electrons. The summed E-state index contributed by atoms with van der Waals surface area (Å²) >= 11 is 5.89. The van der Waals surface area contributed by atoms with E-state index < -0.39 is 0 Å². The lowest BCUT2D eigenvalue weighted by atomic mass is 10.0. The van der Waals surface area contributed by atoms with Crippen molar-refractivity contribution in [2.75, 3.05) is 0 Å². The number of benzene rings is 1. The fraction of sp³-hybridized carbons (Fsp3) is 0.333. The molecule has 0 spiro atoms. The SMILES string of the molecule is N#CCCCCC(=O)c1ccccc1Cl. The Labute approximate surface area is 94.5 Å². The summed E-state index contributed by atoms with van der Waals surface area (Å²) in [4.78, 5) is 11.7. The molecule has 0 saturated carbocycles. The molecular formula is C12H12ClNO. The Morgan fingerprint density at radius 3 is 2.73 bits per heavy atom. The second-order valence-corrected chi connectivity index (χ2v) is 3.68. The third kappa shape index (κ3) is 3.73. The molecule has 78 valence electrons. The first kappa shape index (κ1) is 11.7. The van der Waals surface area contributed by atoms with Gasteiger partial charge in [-0.25, -0.2) is 0 Å². The van der Waals surface area contributed by atoms with Crippen molar-refractivity contribution < 1.29 is 4.79 Å². The lowest BCUT2D eigenvalue weighted by molar-refractivity contribution is 0.0979. The Kier molecular flexibility index (Phi) is 4.86. The first-order valence-electron chi connectivity index (χ1n) is 4.90. The van der Waals surface area contributed by atoms with Crippen LogP contribution in [0.4, 0.5) is 0 Å². The van der Waals surface area contributed by atoms with Crippen molar-refractivity contribution in [1.82, 2.24) is 0 Å². The number of carbonyl (C=O) groups excluding carboxylic acids is 1. The first-order valence-corrected chi connectivity index (χ1v) is 5.28. The molecule has 0 atom stereocenters. The van der Waals surface area contributed by atoms with Gasteiger partial charge >= 0.3 is 0 Å². The van der Waals surface area contributed by atoms with E-state index in [2.05, 4.69) is 6.07 Å². The zero-order chi connectivity index (χ0) is 11.1. The van der Waals surface area contributed by atoms with E-state index in [9.17, 15) is 4.79 Å². The minimum Gasteiger partial charge on any atom is -0.294 e.